The molecule has 2 aromatic heterocycles. The van der Waals surface area contributed by atoms with Gasteiger partial charge in [0.05, 0.1) is 5.69 Å². The van der Waals surface area contributed by atoms with E-state index in [4.69, 9.17) is 0 Å². The minimum absolute atomic E-state index is 1.11. The van der Waals surface area contributed by atoms with Gasteiger partial charge < -0.3 is 4.90 Å². The minimum Gasteiger partial charge on any atom is -0.310 e. The molecule has 0 N–H and O–H groups in total. The van der Waals surface area contributed by atoms with Crippen molar-refractivity contribution in [2.75, 3.05) is 4.90 Å². The first-order valence-electron chi connectivity index (χ1n) is 18.7. The Morgan fingerprint density at radius 2 is 0.836 bits per heavy atom. The number of fused-ring (bicyclic) bond motifs is 7. The van der Waals surface area contributed by atoms with E-state index in [0.717, 1.165) is 17.1 Å². The Morgan fingerprint density at radius 1 is 0.291 bits per heavy atom. The summed E-state index contributed by atoms with van der Waals surface area (Å²) in [5.41, 5.74) is 10.7. The largest absolute Gasteiger partial charge is 0.310 e. The van der Waals surface area contributed by atoms with Gasteiger partial charge in [-0.2, -0.15) is 0 Å². The van der Waals surface area contributed by atoms with E-state index >= 15 is 0 Å². The molecule has 0 atom stereocenters. The smallest absolute Gasteiger partial charge is 0.0540 e. The van der Waals surface area contributed by atoms with E-state index in [2.05, 4.69) is 205 Å². The lowest BCUT2D eigenvalue weighted by molar-refractivity contribution is 1.30. The van der Waals surface area contributed by atoms with Crippen molar-refractivity contribution in [2.45, 2.75) is 0 Å². The quantitative estimate of drug-likeness (QED) is 0.164. The van der Waals surface area contributed by atoms with E-state index in [1.54, 1.807) is 0 Å². The molecular weight excluding hydrogens is 703 g/mol. The van der Waals surface area contributed by atoms with Crippen molar-refractivity contribution < 1.29 is 0 Å². The molecule has 0 aliphatic rings. The van der Waals surface area contributed by atoms with Crippen molar-refractivity contribution >= 4 is 90.9 Å². The van der Waals surface area contributed by atoms with Crippen LogP contribution >= 0.6 is 22.7 Å². The Bertz CT molecular complexity index is 3210. The van der Waals surface area contributed by atoms with Crippen molar-refractivity contribution in [1.82, 2.24) is 0 Å². The van der Waals surface area contributed by atoms with Gasteiger partial charge in [-0.3, -0.25) is 0 Å². The molecule has 11 aromatic rings. The second-order valence-electron chi connectivity index (χ2n) is 14.0. The standard InChI is InChI=1S/C52H33NS2/c1-3-14-34(15-4-1)38-30-31-48(41-19-8-7-18-39(38)41)53(37-27-29-44-42-20-9-11-24-49(42)54-51(44)33-37)36-26-28-40(47(32-36)35-16-5-2-6-17-35)45-22-13-23-46-43-21-10-12-25-50(43)55-52(45)46/h1-33H. The van der Waals surface area contributed by atoms with Crippen molar-refractivity contribution in [3.8, 4) is 33.4 Å². The van der Waals surface area contributed by atoms with Crippen LogP contribution in [0.4, 0.5) is 17.1 Å². The number of hydrogen-bond donors (Lipinski definition) is 0. The van der Waals surface area contributed by atoms with E-state index in [9.17, 15) is 0 Å². The van der Waals surface area contributed by atoms with Crippen LogP contribution in [-0.2, 0) is 0 Å². The van der Waals surface area contributed by atoms with Crippen LogP contribution in [0.5, 0.6) is 0 Å². The van der Waals surface area contributed by atoms with Gasteiger partial charge in [0, 0.05) is 62.7 Å². The van der Waals surface area contributed by atoms with Crippen LogP contribution in [0, 0.1) is 0 Å². The summed E-state index contributed by atoms with van der Waals surface area (Å²) < 4.78 is 5.23. The van der Waals surface area contributed by atoms with E-state index in [1.165, 1.54) is 84.5 Å². The van der Waals surface area contributed by atoms with Crippen molar-refractivity contribution in [3.63, 3.8) is 0 Å². The maximum absolute atomic E-state index is 2.47. The Balaban J connectivity index is 1.18. The average molecular weight is 736 g/mol. The van der Waals surface area contributed by atoms with Crippen molar-refractivity contribution in [2.24, 2.45) is 0 Å². The third-order valence-corrected chi connectivity index (χ3v) is 13.2. The van der Waals surface area contributed by atoms with Gasteiger partial charge in [0.25, 0.3) is 0 Å². The summed E-state index contributed by atoms with van der Waals surface area (Å²) in [5.74, 6) is 0. The molecule has 1 nitrogen and oxygen atoms in total. The highest BCUT2D eigenvalue weighted by molar-refractivity contribution is 7.26. The SMILES string of the molecule is c1ccc(-c2cc(N(c3ccc4c(c3)sc3ccccc34)c3ccc(-c4ccccc4)c4ccccc34)ccc2-c2cccc3c2sc2ccccc23)cc1. The molecule has 258 valence electrons. The molecule has 55 heavy (non-hydrogen) atoms. The summed E-state index contributed by atoms with van der Waals surface area (Å²) in [6, 6.07) is 73.5. The van der Waals surface area contributed by atoms with Crippen LogP contribution in [0.25, 0.3) is 84.5 Å². The van der Waals surface area contributed by atoms with Gasteiger partial charge >= 0.3 is 0 Å². The third kappa shape index (κ3) is 5.35. The monoisotopic (exact) mass is 735 g/mol. The molecule has 0 saturated carbocycles. The fourth-order valence-corrected chi connectivity index (χ4v) is 10.7. The highest BCUT2D eigenvalue weighted by atomic mass is 32.1. The summed E-state index contributed by atoms with van der Waals surface area (Å²) in [6.45, 7) is 0. The zero-order chi connectivity index (χ0) is 36.3. The number of anilines is 3. The first-order chi connectivity index (χ1) is 27.3. The summed E-state index contributed by atoms with van der Waals surface area (Å²) >= 11 is 3.75. The van der Waals surface area contributed by atoms with E-state index in [0.29, 0.717) is 0 Å². The molecule has 0 unspecified atom stereocenters. The van der Waals surface area contributed by atoms with Crippen molar-refractivity contribution in [1.29, 1.82) is 0 Å². The van der Waals surface area contributed by atoms with E-state index < -0.39 is 0 Å². The third-order valence-electron chi connectivity index (χ3n) is 10.9. The maximum atomic E-state index is 2.47. The molecule has 0 aliphatic heterocycles. The van der Waals surface area contributed by atoms with Crippen LogP contribution in [-0.4, -0.2) is 0 Å². The number of thiophene rings is 2. The van der Waals surface area contributed by atoms with Gasteiger partial charge in [-0.15, -0.1) is 22.7 Å². The molecule has 0 fully saturated rings. The predicted octanol–water partition coefficient (Wildman–Crippen LogP) is 16.0. The number of hydrogen-bond acceptors (Lipinski definition) is 3. The summed E-state index contributed by atoms with van der Waals surface area (Å²) in [4.78, 5) is 2.47. The highest BCUT2D eigenvalue weighted by Crippen LogP contribution is 2.48. The molecule has 0 aliphatic carbocycles. The predicted molar refractivity (Wildman–Crippen MR) is 241 cm³/mol. The Labute approximate surface area is 327 Å². The van der Waals surface area contributed by atoms with Gasteiger partial charge in [-0.05, 0) is 75.7 Å². The van der Waals surface area contributed by atoms with Gasteiger partial charge in [0.15, 0.2) is 0 Å². The van der Waals surface area contributed by atoms with E-state index in [-0.39, 0.29) is 0 Å². The van der Waals surface area contributed by atoms with Gasteiger partial charge in [0.2, 0.25) is 0 Å². The maximum Gasteiger partial charge on any atom is 0.0540 e. The topological polar surface area (TPSA) is 3.24 Å². The zero-order valence-electron chi connectivity index (χ0n) is 29.8. The number of rotatable bonds is 6. The highest BCUT2D eigenvalue weighted by Gasteiger charge is 2.21. The van der Waals surface area contributed by atoms with Crippen LogP contribution in [0.2, 0.25) is 0 Å². The first kappa shape index (κ1) is 32.0. The second kappa shape index (κ2) is 13.1. The van der Waals surface area contributed by atoms with Crippen molar-refractivity contribution in [3.05, 3.63) is 200 Å². The molecule has 0 saturated heterocycles. The van der Waals surface area contributed by atoms with Crippen LogP contribution < -0.4 is 4.90 Å². The van der Waals surface area contributed by atoms with Crippen LogP contribution in [0.1, 0.15) is 0 Å². The molecule has 3 heteroatoms. The fraction of sp³-hybridized carbons (Fsp3) is 0. The molecule has 11 rings (SSSR count). The second-order valence-corrected chi connectivity index (χ2v) is 16.2. The zero-order valence-corrected chi connectivity index (χ0v) is 31.4. The lowest BCUT2D eigenvalue weighted by Gasteiger charge is -2.28. The summed E-state index contributed by atoms with van der Waals surface area (Å²) in [6.07, 6.45) is 0. The molecular formula is C52H33NS2. The van der Waals surface area contributed by atoms with Crippen LogP contribution in [0.15, 0.2) is 200 Å². The Morgan fingerprint density at radius 3 is 1.60 bits per heavy atom. The number of nitrogens with zero attached hydrogens (tertiary/aromatic N) is 1. The molecule has 0 radical (unpaired) electrons. The number of benzene rings is 9. The molecule has 2 heterocycles. The lowest BCUT2D eigenvalue weighted by Crippen LogP contribution is -2.11. The minimum atomic E-state index is 1.11. The summed E-state index contributed by atoms with van der Waals surface area (Å²) in [5, 5.41) is 7.67. The average Bonchev–Trinajstić information content (AvgIpc) is 3.83. The summed E-state index contributed by atoms with van der Waals surface area (Å²) in [7, 11) is 0. The Hall–Kier alpha value is -6.52. The fourth-order valence-electron chi connectivity index (χ4n) is 8.35. The molecule has 9 aromatic carbocycles. The van der Waals surface area contributed by atoms with Gasteiger partial charge in [-0.1, -0.05) is 158 Å². The first-order valence-corrected chi connectivity index (χ1v) is 20.3. The van der Waals surface area contributed by atoms with Gasteiger partial charge in [0.1, 0.15) is 0 Å². The molecule has 0 amide bonds. The molecule has 0 bridgehead atoms. The van der Waals surface area contributed by atoms with Crippen LogP contribution in [0.3, 0.4) is 0 Å². The normalized spacial score (nSPS) is 11.6. The lowest BCUT2D eigenvalue weighted by atomic mass is 9.92. The Kier molecular flexibility index (Phi) is 7.61. The molecule has 0 spiro atoms. The van der Waals surface area contributed by atoms with Gasteiger partial charge in [-0.25, -0.2) is 0 Å². The van der Waals surface area contributed by atoms with E-state index in [1.807, 2.05) is 22.7 Å².